The van der Waals surface area contributed by atoms with Crippen molar-refractivity contribution in [2.45, 2.75) is 0 Å². The molecular formula is C7H3FN2O2S. The normalized spacial score (nSPS) is 9.00. The second-order valence-corrected chi connectivity index (χ2v) is 2.28. The zero-order chi connectivity index (χ0) is 9.84. The molecule has 0 aliphatic carbocycles. The predicted octanol–water partition coefficient (Wildman–Crippen LogP) is 2.47. The first-order valence-electron chi connectivity index (χ1n) is 3.17. The average Bonchev–Trinajstić information content (AvgIpc) is 2.08. The third kappa shape index (κ3) is 2.14. The van der Waals surface area contributed by atoms with Gasteiger partial charge in [-0.15, -0.1) is 0 Å². The van der Waals surface area contributed by atoms with Gasteiger partial charge >= 0.3 is 5.69 Å². The van der Waals surface area contributed by atoms with Crippen molar-refractivity contribution in [3.05, 3.63) is 34.1 Å². The summed E-state index contributed by atoms with van der Waals surface area (Å²) < 4.78 is 12.7. The van der Waals surface area contributed by atoms with Crippen LogP contribution in [0.5, 0.6) is 0 Å². The molecular weight excluding hydrogens is 195 g/mol. The van der Waals surface area contributed by atoms with Crippen LogP contribution in [0, 0.1) is 15.9 Å². The lowest BCUT2D eigenvalue weighted by Gasteiger charge is -1.93. The number of isothiocyanates is 1. The molecule has 1 aromatic rings. The number of halogens is 1. The number of rotatable bonds is 2. The van der Waals surface area contributed by atoms with E-state index in [2.05, 4.69) is 17.2 Å². The molecule has 0 bridgehead atoms. The quantitative estimate of drug-likeness (QED) is 0.317. The Hall–Kier alpha value is -1.65. The van der Waals surface area contributed by atoms with Crippen LogP contribution in [0.2, 0.25) is 0 Å². The minimum atomic E-state index is -0.895. The van der Waals surface area contributed by atoms with Crippen LogP contribution >= 0.6 is 12.2 Å². The van der Waals surface area contributed by atoms with Crippen LogP contribution in [0.3, 0.4) is 0 Å². The first-order valence-corrected chi connectivity index (χ1v) is 3.58. The van der Waals surface area contributed by atoms with Gasteiger partial charge in [-0.2, -0.15) is 9.38 Å². The zero-order valence-electron chi connectivity index (χ0n) is 6.23. The fourth-order valence-electron chi connectivity index (χ4n) is 0.763. The van der Waals surface area contributed by atoms with E-state index in [1.807, 2.05) is 5.16 Å². The summed E-state index contributed by atoms with van der Waals surface area (Å²) in [5.74, 6) is -0.895. The summed E-state index contributed by atoms with van der Waals surface area (Å²) in [5.41, 5.74) is -0.408. The maximum Gasteiger partial charge on any atom is 0.306 e. The van der Waals surface area contributed by atoms with Gasteiger partial charge in [-0.05, 0) is 24.4 Å². The molecule has 6 heteroatoms. The van der Waals surface area contributed by atoms with Crippen molar-refractivity contribution >= 4 is 28.8 Å². The molecule has 0 radical (unpaired) electrons. The molecule has 0 saturated carbocycles. The molecule has 0 fully saturated rings. The lowest BCUT2D eigenvalue weighted by molar-refractivity contribution is -0.387. The van der Waals surface area contributed by atoms with E-state index in [4.69, 9.17) is 0 Å². The summed E-state index contributed by atoms with van der Waals surface area (Å²) in [6.07, 6.45) is 0. The van der Waals surface area contributed by atoms with E-state index in [0.717, 1.165) is 12.1 Å². The fraction of sp³-hybridized carbons (Fsp3) is 0. The lowest BCUT2D eigenvalue weighted by Crippen LogP contribution is -1.91. The van der Waals surface area contributed by atoms with Crippen molar-refractivity contribution in [3.8, 4) is 0 Å². The Balaban J connectivity index is 3.26. The molecule has 4 nitrogen and oxygen atoms in total. The van der Waals surface area contributed by atoms with Crippen LogP contribution in [0.15, 0.2) is 23.2 Å². The van der Waals surface area contributed by atoms with E-state index in [9.17, 15) is 14.5 Å². The van der Waals surface area contributed by atoms with E-state index < -0.39 is 16.4 Å². The SMILES string of the molecule is O=[N+]([O-])c1cc(N=C=S)ccc1F. The van der Waals surface area contributed by atoms with Gasteiger partial charge in [0.2, 0.25) is 5.82 Å². The van der Waals surface area contributed by atoms with E-state index >= 15 is 0 Å². The van der Waals surface area contributed by atoms with Gasteiger partial charge in [-0.3, -0.25) is 10.1 Å². The minimum absolute atomic E-state index is 0.211. The first kappa shape index (κ1) is 9.44. The van der Waals surface area contributed by atoms with E-state index in [1.165, 1.54) is 6.07 Å². The Morgan fingerprint density at radius 3 is 2.85 bits per heavy atom. The molecule has 1 rings (SSSR count). The zero-order valence-corrected chi connectivity index (χ0v) is 7.05. The highest BCUT2D eigenvalue weighted by Gasteiger charge is 2.13. The molecule has 0 amide bonds. The Bertz CT molecular complexity index is 401. The summed E-state index contributed by atoms with van der Waals surface area (Å²) in [6, 6.07) is 3.24. The lowest BCUT2D eigenvalue weighted by atomic mass is 10.3. The molecule has 0 aromatic heterocycles. The van der Waals surface area contributed by atoms with Crippen LogP contribution in [0.25, 0.3) is 0 Å². The summed E-state index contributed by atoms with van der Waals surface area (Å²) in [6.45, 7) is 0. The fourth-order valence-corrected chi connectivity index (χ4v) is 0.869. The van der Waals surface area contributed by atoms with Crippen molar-refractivity contribution in [2.75, 3.05) is 0 Å². The summed E-state index contributed by atoms with van der Waals surface area (Å²) >= 11 is 4.30. The third-order valence-electron chi connectivity index (χ3n) is 1.30. The monoisotopic (exact) mass is 198 g/mol. The van der Waals surface area contributed by atoms with Gasteiger partial charge in [-0.25, -0.2) is 0 Å². The van der Waals surface area contributed by atoms with Crippen LogP contribution < -0.4 is 0 Å². The van der Waals surface area contributed by atoms with Crippen molar-refractivity contribution in [3.63, 3.8) is 0 Å². The van der Waals surface area contributed by atoms with Crippen LogP contribution in [0.1, 0.15) is 0 Å². The summed E-state index contributed by atoms with van der Waals surface area (Å²) in [7, 11) is 0. The molecule has 66 valence electrons. The van der Waals surface area contributed by atoms with Gasteiger partial charge in [-0.1, -0.05) is 0 Å². The van der Waals surface area contributed by atoms with Crippen molar-refractivity contribution in [1.82, 2.24) is 0 Å². The topological polar surface area (TPSA) is 55.5 Å². The van der Waals surface area contributed by atoms with Crippen LogP contribution in [0.4, 0.5) is 15.8 Å². The molecule has 0 unspecified atom stereocenters. The number of hydrogen-bond donors (Lipinski definition) is 0. The van der Waals surface area contributed by atoms with Crippen molar-refractivity contribution in [1.29, 1.82) is 0 Å². The van der Waals surface area contributed by atoms with Gasteiger partial charge in [0.15, 0.2) is 0 Å². The van der Waals surface area contributed by atoms with Gasteiger partial charge in [0.05, 0.1) is 15.8 Å². The van der Waals surface area contributed by atoms with Crippen LogP contribution in [-0.2, 0) is 0 Å². The molecule has 0 heterocycles. The molecule has 13 heavy (non-hydrogen) atoms. The maximum atomic E-state index is 12.7. The Labute approximate surface area is 77.9 Å². The first-order chi connectivity index (χ1) is 6.15. The summed E-state index contributed by atoms with van der Waals surface area (Å²) in [5, 5.41) is 12.3. The second kappa shape index (κ2) is 3.84. The average molecular weight is 198 g/mol. The Morgan fingerprint density at radius 2 is 2.31 bits per heavy atom. The van der Waals surface area contributed by atoms with Gasteiger partial charge in [0.1, 0.15) is 0 Å². The number of hydrogen-bond acceptors (Lipinski definition) is 4. The predicted molar refractivity (Wildman–Crippen MR) is 47.7 cm³/mol. The highest BCUT2D eigenvalue weighted by molar-refractivity contribution is 7.78. The number of thiocarbonyl (C=S) groups is 1. The third-order valence-corrected chi connectivity index (χ3v) is 1.39. The molecule has 0 N–H and O–H groups in total. The molecule has 0 atom stereocenters. The molecule has 0 spiro atoms. The van der Waals surface area contributed by atoms with Gasteiger partial charge < -0.3 is 0 Å². The largest absolute Gasteiger partial charge is 0.306 e. The molecule has 0 aliphatic heterocycles. The number of nitrogens with zero attached hydrogens (tertiary/aromatic N) is 2. The highest BCUT2D eigenvalue weighted by Crippen LogP contribution is 2.22. The number of nitro groups is 1. The van der Waals surface area contributed by atoms with Gasteiger partial charge in [0.25, 0.3) is 0 Å². The number of benzene rings is 1. The van der Waals surface area contributed by atoms with Gasteiger partial charge in [0, 0.05) is 6.07 Å². The van der Waals surface area contributed by atoms with E-state index in [-0.39, 0.29) is 5.69 Å². The highest BCUT2D eigenvalue weighted by atomic mass is 32.1. The smallest absolute Gasteiger partial charge is 0.258 e. The molecule has 1 aromatic carbocycles. The van der Waals surface area contributed by atoms with Crippen molar-refractivity contribution in [2.24, 2.45) is 4.99 Å². The maximum absolute atomic E-state index is 12.7. The van der Waals surface area contributed by atoms with Crippen molar-refractivity contribution < 1.29 is 9.31 Å². The Kier molecular flexibility index (Phi) is 2.79. The molecule has 0 saturated heterocycles. The summed E-state index contributed by atoms with van der Waals surface area (Å²) in [4.78, 5) is 12.9. The number of aliphatic imine (C=N–C) groups is 1. The standard InChI is InChI=1S/C7H3FN2O2S/c8-6-2-1-5(9-4-13)3-7(6)10(11)12/h1-3H. The second-order valence-electron chi connectivity index (χ2n) is 2.10. The Morgan fingerprint density at radius 1 is 1.62 bits per heavy atom. The van der Waals surface area contributed by atoms with Crippen LogP contribution in [-0.4, -0.2) is 10.1 Å². The number of nitro benzene ring substituents is 1. The van der Waals surface area contributed by atoms with E-state index in [1.54, 1.807) is 0 Å². The minimum Gasteiger partial charge on any atom is -0.258 e. The molecule has 0 aliphatic rings. The van der Waals surface area contributed by atoms with E-state index in [0.29, 0.717) is 0 Å².